The molecular formula is C16H10ClN3O4S. The summed E-state index contributed by atoms with van der Waals surface area (Å²) in [5, 5.41) is 11.2. The molecule has 0 aliphatic rings. The summed E-state index contributed by atoms with van der Waals surface area (Å²) in [5.41, 5.74) is -0.0638. The number of esters is 1. The van der Waals surface area contributed by atoms with Gasteiger partial charge >= 0.3 is 5.97 Å². The van der Waals surface area contributed by atoms with Crippen molar-refractivity contribution in [2.24, 2.45) is 0 Å². The molecule has 0 bridgehead atoms. The van der Waals surface area contributed by atoms with Crippen LogP contribution in [-0.2, 0) is 11.3 Å². The second-order valence-corrected chi connectivity index (χ2v) is 6.19. The minimum absolute atomic E-state index is 0.00853. The number of nitriles is 1. The van der Waals surface area contributed by atoms with Gasteiger partial charge in [-0.05, 0) is 17.5 Å². The Bertz CT molecular complexity index is 1070. The van der Waals surface area contributed by atoms with Gasteiger partial charge in [0.2, 0.25) is 0 Å². The van der Waals surface area contributed by atoms with E-state index in [2.05, 4.69) is 4.98 Å². The van der Waals surface area contributed by atoms with Gasteiger partial charge in [-0.2, -0.15) is 5.26 Å². The summed E-state index contributed by atoms with van der Waals surface area (Å²) in [6, 6.07) is 6.34. The SMILES string of the molecule is COc1cc(C#N)cc(Cl)c1OC(=O)Cn1cnc2sccc2c1=O. The highest BCUT2D eigenvalue weighted by atomic mass is 35.5. The van der Waals surface area contributed by atoms with Gasteiger partial charge in [0.1, 0.15) is 11.4 Å². The molecule has 126 valence electrons. The van der Waals surface area contributed by atoms with Crippen LogP contribution in [0.1, 0.15) is 5.56 Å². The van der Waals surface area contributed by atoms with Crippen molar-refractivity contribution in [3.63, 3.8) is 0 Å². The van der Waals surface area contributed by atoms with E-state index in [0.29, 0.717) is 10.2 Å². The largest absolute Gasteiger partial charge is 0.493 e. The monoisotopic (exact) mass is 375 g/mol. The van der Waals surface area contributed by atoms with Crippen LogP contribution >= 0.6 is 22.9 Å². The van der Waals surface area contributed by atoms with Gasteiger partial charge in [0, 0.05) is 6.07 Å². The molecule has 2 heterocycles. The normalized spacial score (nSPS) is 10.4. The van der Waals surface area contributed by atoms with E-state index in [1.807, 2.05) is 6.07 Å². The van der Waals surface area contributed by atoms with Gasteiger partial charge in [0.25, 0.3) is 5.56 Å². The van der Waals surface area contributed by atoms with Crippen molar-refractivity contribution in [2.45, 2.75) is 6.54 Å². The lowest BCUT2D eigenvalue weighted by molar-refractivity contribution is -0.135. The summed E-state index contributed by atoms with van der Waals surface area (Å²) in [4.78, 5) is 29.2. The highest BCUT2D eigenvalue weighted by Crippen LogP contribution is 2.36. The average molecular weight is 376 g/mol. The molecule has 0 aliphatic heterocycles. The summed E-state index contributed by atoms with van der Waals surface area (Å²) in [5.74, 6) is -0.578. The first-order chi connectivity index (χ1) is 12.0. The number of carbonyl (C=O) groups excluding carboxylic acids is 1. The van der Waals surface area contributed by atoms with E-state index in [1.54, 1.807) is 11.4 Å². The Labute approximate surface area is 150 Å². The Morgan fingerprint density at radius 2 is 2.28 bits per heavy atom. The predicted octanol–water partition coefficient (Wildman–Crippen LogP) is 2.60. The zero-order valence-electron chi connectivity index (χ0n) is 12.9. The Balaban J connectivity index is 1.86. The van der Waals surface area contributed by atoms with Crippen molar-refractivity contribution in [3.8, 4) is 17.6 Å². The second-order valence-electron chi connectivity index (χ2n) is 4.89. The zero-order valence-corrected chi connectivity index (χ0v) is 14.4. The Morgan fingerprint density at radius 3 is 3.00 bits per heavy atom. The van der Waals surface area contributed by atoms with Crippen LogP contribution < -0.4 is 15.0 Å². The third kappa shape index (κ3) is 3.33. The maximum Gasteiger partial charge on any atom is 0.331 e. The summed E-state index contributed by atoms with van der Waals surface area (Å²) < 4.78 is 11.5. The molecule has 0 saturated heterocycles. The van der Waals surface area contributed by atoms with Crippen molar-refractivity contribution in [3.05, 3.63) is 50.8 Å². The molecule has 0 N–H and O–H groups in total. The molecule has 0 unspecified atom stereocenters. The van der Waals surface area contributed by atoms with Gasteiger partial charge in [-0.25, -0.2) is 9.78 Å². The lowest BCUT2D eigenvalue weighted by Gasteiger charge is -2.12. The minimum Gasteiger partial charge on any atom is -0.493 e. The van der Waals surface area contributed by atoms with E-state index < -0.39 is 5.97 Å². The van der Waals surface area contributed by atoms with Crippen LogP contribution in [0, 0.1) is 11.3 Å². The maximum atomic E-state index is 12.3. The van der Waals surface area contributed by atoms with Gasteiger partial charge in [0.05, 0.1) is 35.5 Å². The molecule has 7 nitrogen and oxygen atoms in total. The van der Waals surface area contributed by atoms with Crippen molar-refractivity contribution in [1.82, 2.24) is 9.55 Å². The van der Waals surface area contributed by atoms with Gasteiger partial charge < -0.3 is 9.47 Å². The number of fused-ring (bicyclic) bond motifs is 1. The molecule has 0 aliphatic carbocycles. The average Bonchev–Trinajstić information content (AvgIpc) is 3.08. The third-order valence-corrected chi connectivity index (χ3v) is 4.43. The number of methoxy groups -OCH3 is 1. The lowest BCUT2D eigenvalue weighted by atomic mass is 10.2. The Kier molecular flexibility index (Phi) is 4.70. The molecule has 2 aromatic heterocycles. The van der Waals surface area contributed by atoms with Crippen LogP contribution in [0.4, 0.5) is 0 Å². The first-order valence-corrected chi connectivity index (χ1v) is 8.20. The van der Waals surface area contributed by atoms with E-state index in [0.717, 1.165) is 4.57 Å². The van der Waals surface area contributed by atoms with Crippen LogP contribution in [0.2, 0.25) is 5.02 Å². The van der Waals surface area contributed by atoms with E-state index >= 15 is 0 Å². The van der Waals surface area contributed by atoms with Crippen molar-refractivity contribution >= 4 is 39.1 Å². The molecule has 0 spiro atoms. The topological polar surface area (TPSA) is 94.2 Å². The predicted molar refractivity (Wildman–Crippen MR) is 92.2 cm³/mol. The van der Waals surface area contributed by atoms with Crippen LogP contribution in [-0.4, -0.2) is 22.6 Å². The van der Waals surface area contributed by atoms with E-state index in [4.69, 9.17) is 26.3 Å². The number of nitrogens with zero attached hydrogens (tertiary/aromatic N) is 3. The van der Waals surface area contributed by atoms with Crippen LogP contribution in [0.25, 0.3) is 10.2 Å². The number of rotatable bonds is 4. The second kappa shape index (κ2) is 6.93. The molecule has 0 radical (unpaired) electrons. The van der Waals surface area contributed by atoms with E-state index in [1.165, 1.54) is 36.9 Å². The van der Waals surface area contributed by atoms with Crippen LogP contribution in [0.15, 0.2) is 34.7 Å². The first kappa shape index (κ1) is 17.0. The number of hydrogen-bond acceptors (Lipinski definition) is 7. The zero-order chi connectivity index (χ0) is 18.0. The smallest absolute Gasteiger partial charge is 0.331 e. The molecule has 0 saturated carbocycles. The van der Waals surface area contributed by atoms with Gasteiger partial charge in [0.15, 0.2) is 11.5 Å². The van der Waals surface area contributed by atoms with Gasteiger partial charge in [-0.1, -0.05) is 11.6 Å². The quantitative estimate of drug-likeness (QED) is 0.514. The highest BCUT2D eigenvalue weighted by Gasteiger charge is 2.17. The summed E-state index contributed by atoms with van der Waals surface area (Å²) in [6.45, 7) is -0.336. The minimum atomic E-state index is -0.719. The standard InChI is InChI=1S/C16H10ClN3O4S/c1-23-12-5-9(6-18)4-11(17)14(12)24-13(21)7-20-8-19-15-10(16(20)22)2-3-25-15/h2-5,8H,7H2,1H3. The Morgan fingerprint density at radius 1 is 1.48 bits per heavy atom. The molecular weight excluding hydrogens is 366 g/mol. The molecule has 0 fully saturated rings. The van der Waals surface area contributed by atoms with Crippen molar-refractivity contribution in [2.75, 3.05) is 7.11 Å². The number of benzene rings is 1. The fraction of sp³-hybridized carbons (Fsp3) is 0.125. The molecule has 1 aromatic carbocycles. The number of carbonyl (C=O) groups is 1. The van der Waals surface area contributed by atoms with E-state index in [9.17, 15) is 9.59 Å². The number of ether oxygens (including phenoxy) is 2. The fourth-order valence-electron chi connectivity index (χ4n) is 2.17. The van der Waals surface area contributed by atoms with E-state index in [-0.39, 0.29) is 34.2 Å². The van der Waals surface area contributed by atoms with Crippen molar-refractivity contribution < 1.29 is 14.3 Å². The van der Waals surface area contributed by atoms with Crippen LogP contribution in [0.3, 0.4) is 0 Å². The first-order valence-electron chi connectivity index (χ1n) is 6.94. The molecule has 3 aromatic rings. The Hall–Kier alpha value is -2.89. The molecule has 25 heavy (non-hydrogen) atoms. The number of hydrogen-bond donors (Lipinski definition) is 0. The number of thiophene rings is 1. The molecule has 0 atom stereocenters. The lowest BCUT2D eigenvalue weighted by Crippen LogP contribution is -2.26. The molecule has 3 rings (SSSR count). The summed E-state index contributed by atoms with van der Waals surface area (Å²) in [6.07, 6.45) is 1.29. The van der Waals surface area contributed by atoms with Gasteiger partial charge in [-0.15, -0.1) is 11.3 Å². The summed E-state index contributed by atoms with van der Waals surface area (Å²) >= 11 is 7.39. The fourth-order valence-corrected chi connectivity index (χ4v) is 3.15. The van der Waals surface area contributed by atoms with Crippen LogP contribution in [0.5, 0.6) is 11.5 Å². The number of halogens is 1. The highest BCUT2D eigenvalue weighted by molar-refractivity contribution is 7.16. The third-order valence-electron chi connectivity index (χ3n) is 3.32. The van der Waals surface area contributed by atoms with Crippen molar-refractivity contribution in [1.29, 1.82) is 5.26 Å². The van der Waals surface area contributed by atoms with Gasteiger partial charge in [-0.3, -0.25) is 9.36 Å². The molecule has 0 amide bonds. The molecule has 9 heteroatoms. The maximum absolute atomic E-state index is 12.3. The number of aromatic nitrogens is 2. The summed E-state index contributed by atoms with van der Waals surface area (Å²) in [7, 11) is 1.36.